The molecule has 0 radical (unpaired) electrons. The molecule has 0 aromatic heterocycles. The molecule has 1 nitrogen and oxygen atoms in total. The molecule has 0 saturated heterocycles. The van der Waals surface area contributed by atoms with Crippen LogP contribution in [0.4, 0.5) is 22.0 Å². The van der Waals surface area contributed by atoms with Gasteiger partial charge in [0.05, 0.1) is 0 Å². The van der Waals surface area contributed by atoms with Crippen molar-refractivity contribution in [3.63, 3.8) is 0 Å². The van der Waals surface area contributed by atoms with Crippen molar-refractivity contribution in [1.29, 1.82) is 0 Å². The quantitative estimate of drug-likeness (QED) is 0.416. The van der Waals surface area contributed by atoms with Crippen molar-refractivity contribution in [2.45, 2.75) is 12.3 Å². The number of halogens is 5. The Bertz CT molecular complexity index is 147. The number of aliphatic hydroxyl groups is 1. The Morgan fingerprint density at radius 1 is 0.900 bits per heavy atom. The summed E-state index contributed by atoms with van der Waals surface area (Å²) in [5.41, 5.74) is 0. The van der Waals surface area contributed by atoms with Crippen molar-refractivity contribution in [3.8, 4) is 11.8 Å². The van der Waals surface area contributed by atoms with E-state index < -0.39 is 12.3 Å². The minimum absolute atomic E-state index is 0.212. The van der Waals surface area contributed by atoms with E-state index in [-0.39, 0.29) is 5.92 Å². The molecule has 0 aromatic carbocycles. The predicted molar refractivity (Wildman–Crippen MR) is 21.0 cm³/mol. The molecule has 0 amide bonds. The van der Waals surface area contributed by atoms with Gasteiger partial charge in [0.25, 0.3) is 0 Å². The van der Waals surface area contributed by atoms with Crippen molar-refractivity contribution in [3.05, 3.63) is 0 Å². The molecule has 0 saturated carbocycles. The third-order valence-electron chi connectivity index (χ3n) is 0.355. The summed E-state index contributed by atoms with van der Waals surface area (Å²) in [7, 11) is 0. The Hall–Kier alpha value is -0.830. The zero-order valence-electron chi connectivity index (χ0n) is 4.34. The van der Waals surface area contributed by atoms with Gasteiger partial charge in [-0.3, -0.25) is 0 Å². The second kappa shape index (κ2) is 2.42. The van der Waals surface area contributed by atoms with Gasteiger partial charge in [-0.1, -0.05) is 0 Å². The Balaban J connectivity index is 4.19. The van der Waals surface area contributed by atoms with E-state index in [0.717, 1.165) is 0 Å². The molecule has 58 valence electrons. The molecule has 0 bridgehead atoms. The summed E-state index contributed by atoms with van der Waals surface area (Å²) in [5, 5.41) is 7.37. The van der Waals surface area contributed by atoms with Gasteiger partial charge in [0, 0.05) is 11.8 Å². The SMILES string of the molecule is OC(F)(F)C#CC(F)(F)F. The molecule has 10 heavy (non-hydrogen) atoms. The van der Waals surface area contributed by atoms with E-state index in [0.29, 0.717) is 5.92 Å². The van der Waals surface area contributed by atoms with Crippen LogP contribution in [0.1, 0.15) is 0 Å². The molecule has 0 aliphatic carbocycles. The lowest BCUT2D eigenvalue weighted by molar-refractivity contribution is -0.147. The molecule has 0 heterocycles. The van der Waals surface area contributed by atoms with E-state index in [2.05, 4.69) is 0 Å². The predicted octanol–water partition coefficient (Wildman–Crippen LogP) is 1.14. The van der Waals surface area contributed by atoms with E-state index in [4.69, 9.17) is 5.11 Å². The van der Waals surface area contributed by atoms with Crippen LogP contribution in [0.15, 0.2) is 0 Å². The van der Waals surface area contributed by atoms with Gasteiger partial charge in [-0.15, -0.1) is 0 Å². The number of hydrogen-bond donors (Lipinski definition) is 1. The molecule has 6 heteroatoms. The van der Waals surface area contributed by atoms with Gasteiger partial charge in [0.15, 0.2) is 0 Å². The minimum atomic E-state index is -4.99. The maximum absolute atomic E-state index is 11.1. The van der Waals surface area contributed by atoms with E-state index in [1.165, 1.54) is 0 Å². The second-order valence-corrected chi connectivity index (χ2v) is 1.29. The van der Waals surface area contributed by atoms with Crippen LogP contribution in [0, 0.1) is 11.8 Å². The molecule has 0 atom stereocenters. The van der Waals surface area contributed by atoms with Crippen molar-refractivity contribution in [1.82, 2.24) is 0 Å². The largest absolute Gasteiger partial charge is 0.457 e. The highest BCUT2D eigenvalue weighted by atomic mass is 19.4. The summed E-state index contributed by atoms with van der Waals surface area (Å²) in [6.07, 6.45) is -9.57. The van der Waals surface area contributed by atoms with Crippen LogP contribution in [0.3, 0.4) is 0 Å². The first-order valence-corrected chi connectivity index (χ1v) is 1.92. The molecule has 1 N–H and O–H groups in total. The zero-order valence-corrected chi connectivity index (χ0v) is 4.34. The first-order valence-electron chi connectivity index (χ1n) is 1.92. The maximum atomic E-state index is 11.1. The Labute approximate surface area is 52.5 Å². The Morgan fingerprint density at radius 2 is 1.30 bits per heavy atom. The molecule has 0 unspecified atom stereocenters. The van der Waals surface area contributed by atoms with Gasteiger partial charge in [-0.25, -0.2) is 0 Å². The fourth-order valence-electron chi connectivity index (χ4n) is 0.146. The first-order chi connectivity index (χ1) is 4.21. The smallest absolute Gasteiger partial charge is 0.326 e. The van der Waals surface area contributed by atoms with Gasteiger partial charge < -0.3 is 5.11 Å². The van der Waals surface area contributed by atoms with Crippen molar-refractivity contribution >= 4 is 0 Å². The molecule has 0 rings (SSSR count). The van der Waals surface area contributed by atoms with E-state index in [1.807, 2.05) is 0 Å². The topological polar surface area (TPSA) is 20.2 Å². The lowest BCUT2D eigenvalue weighted by Gasteiger charge is -1.97. The first kappa shape index (κ1) is 9.17. The highest BCUT2D eigenvalue weighted by molar-refractivity contribution is 5.09. The summed E-state index contributed by atoms with van der Waals surface area (Å²) < 4.78 is 55.2. The van der Waals surface area contributed by atoms with Crippen molar-refractivity contribution in [2.24, 2.45) is 0 Å². The standard InChI is InChI=1S/C4HF5O/c5-3(6,7)1-2-4(8,9)10/h10H. The Kier molecular flexibility index (Phi) is 2.22. The van der Waals surface area contributed by atoms with Gasteiger partial charge in [0.1, 0.15) is 0 Å². The third-order valence-corrected chi connectivity index (χ3v) is 0.355. The maximum Gasteiger partial charge on any atom is 0.457 e. The normalized spacial score (nSPS) is 12.2. The average Bonchev–Trinajstić information content (AvgIpc) is 1.57. The molecule has 0 fully saturated rings. The van der Waals surface area contributed by atoms with Crippen LogP contribution in [-0.4, -0.2) is 17.4 Å². The fraction of sp³-hybridized carbons (Fsp3) is 0.500. The lowest BCUT2D eigenvalue weighted by Crippen LogP contribution is -2.12. The summed E-state index contributed by atoms with van der Waals surface area (Å²) in [5.74, 6) is 0.521. The van der Waals surface area contributed by atoms with Crippen LogP contribution in [0.5, 0.6) is 0 Å². The van der Waals surface area contributed by atoms with Crippen LogP contribution in [-0.2, 0) is 0 Å². The fourth-order valence-corrected chi connectivity index (χ4v) is 0.146. The average molecular weight is 160 g/mol. The van der Waals surface area contributed by atoms with Gasteiger partial charge >= 0.3 is 12.3 Å². The van der Waals surface area contributed by atoms with Gasteiger partial charge in [-0.2, -0.15) is 22.0 Å². The van der Waals surface area contributed by atoms with Crippen molar-refractivity contribution < 1.29 is 27.1 Å². The molecule has 0 aliphatic heterocycles. The van der Waals surface area contributed by atoms with E-state index in [1.54, 1.807) is 0 Å². The molecule has 0 spiro atoms. The van der Waals surface area contributed by atoms with Crippen LogP contribution >= 0.6 is 0 Å². The lowest BCUT2D eigenvalue weighted by atomic mass is 10.5. The summed E-state index contributed by atoms with van der Waals surface area (Å²) in [6.45, 7) is 0. The highest BCUT2D eigenvalue weighted by Crippen LogP contribution is 2.14. The number of hydrogen-bond acceptors (Lipinski definition) is 1. The van der Waals surface area contributed by atoms with Gasteiger partial charge in [-0.05, 0) is 0 Å². The monoisotopic (exact) mass is 160 g/mol. The molecule has 0 aliphatic rings. The third kappa shape index (κ3) is 7.17. The van der Waals surface area contributed by atoms with E-state index >= 15 is 0 Å². The molecule has 0 aromatic rings. The summed E-state index contributed by atoms with van der Waals surface area (Å²) >= 11 is 0. The Morgan fingerprint density at radius 3 is 1.40 bits per heavy atom. The minimum Gasteiger partial charge on any atom is -0.326 e. The summed E-state index contributed by atoms with van der Waals surface area (Å²) in [6, 6.07) is 0. The van der Waals surface area contributed by atoms with Crippen LogP contribution < -0.4 is 0 Å². The van der Waals surface area contributed by atoms with E-state index in [9.17, 15) is 22.0 Å². The number of rotatable bonds is 0. The summed E-state index contributed by atoms with van der Waals surface area (Å²) in [4.78, 5) is 0. The molecular weight excluding hydrogens is 159 g/mol. The molecular formula is C4HF5O. The van der Waals surface area contributed by atoms with Crippen LogP contribution in [0.25, 0.3) is 0 Å². The second-order valence-electron chi connectivity index (χ2n) is 1.29. The van der Waals surface area contributed by atoms with Crippen LogP contribution in [0.2, 0.25) is 0 Å². The highest BCUT2D eigenvalue weighted by Gasteiger charge is 2.27. The van der Waals surface area contributed by atoms with Crippen molar-refractivity contribution in [2.75, 3.05) is 0 Å². The number of alkyl halides is 5. The zero-order chi connectivity index (χ0) is 8.41. The van der Waals surface area contributed by atoms with Gasteiger partial charge in [0.2, 0.25) is 0 Å².